The average molecular weight is 466 g/mol. The molecule has 0 unspecified atom stereocenters. The molecule has 184 valence electrons. The number of rotatable bonds is 9. The number of methoxy groups -OCH3 is 2. The van der Waals surface area contributed by atoms with Crippen LogP contribution in [-0.2, 0) is 30.3 Å². The van der Waals surface area contributed by atoms with Gasteiger partial charge in [-0.15, -0.1) is 0 Å². The number of likely N-dealkylation sites (N-methyl/N-ethyl adjacent to an activating group) is 1. The quantitative estimate of drug-likeness (QED) is 0.532. The monoisotopic (exact) mass is 465 g/mol. The summed E-state index contributed by atoms with van der Waals surface area (Å²) in [6, 6.07) is 4.25. The Labute approximate surface area is 194 Å². The maximum absolute atomic E-state index is 13.0. The van der Waals surface area contributed by atoms with Crippen molar-refractivity contribution in [3.63, 3.8) is 0 Å². The molecule has 10 nitrogen and oxygen atoms in total. The zero-order valence-corrected chi connectivity index (χ0v) is 20.6. The van der Waals surface area contributed by atoms with Crippen LogP contribution in [0.5, 0.6) is 5.75 Å². The van der Waals surface area contributed by atoms with Gasteiger partial charge < -0.3 is 29.7 Å². The zero-order valence-electron chi connectivity index (χ0n) is 20.6. The molecule has 0 spiro atoms. The molecule has 1 rings (SSSR count). The van der Waals surface area contributed by atoms with Gasteiger partial charge in [-0.1, -0.05) is 12.1 Å². The van der Waals surface area contributed by atoms with E-state index in [0.29, 0.717) is 5.75 Å². The van der Waals surface area contributed by atoms with Crippen molar-refractivity contribution in [2.24, 2.45) is 0 Å². The summed E-state index contributed by atoms with van der Waals surface area (Å²) in [7, 11) is 4.23. The van der Waals surface area contributed by atoms with Crippen molar-refractivity contribution in [3.8, 4) is 5.75 Å². The van der Waals surface area contributed by atoms with Crippen molar-refractivity contribution in [1.82, 2.24) is 15.5 Å². The lowest BCUT2D eigenvalue weighted by molar-refractivity contribution is -0.146. The summed E-state index contributed by atoms with van der Waals surface area (Å²) < 4.78 is 15.0. The molecule has 0 saturated heterocycles. The third-order valence-electron chi connectivity index (χ3n) is 4.72. The first-order chi connectivity index (χ1) is 15.3. The number of nitrogens with zero attached hydrogens (tertiary/aromatic N) is 1. The smallest absolute Gasteiger partial charge is 0.408 e. The average Bonchev–Trinajstić information content (AvgIpc) is 2.74. The van der Waals surface area contributed by atoms with Crippen LogP contribution in [0.3, 0.4) is 0 Å². The minimum atomic E-state index is -0.958. The lowest BCUT2D eigenvalue weighted by Gasteiger charge is -2.31. The fourth-order valence-electron chi connectivity index (χ4n) is 2.94. The summed E-state index contributed by atoms with van der Waals surface area (Å²) in [6.07, 6.45) is -0.572. The van der Waals surface area contributed by atoms with E-state index < -0.39 is 47.6 Å². The van der Waals surface area contributed by atoms with E-state index in [1.807, 2.05) is 0 Å². The number of ether oxygens (including phenoxy) is 3. The lowest BCUT2D eigenvalue weighted by atomic mass is 10.0. The number of hydrogen-bond donors (Lipinski definition) is 2. The van der Waals surface area contributed by atoms with Gasteiger partial charge in [0.25, 0.3) is 0 Å². The highest BCUT2D eigenvalue weighted by Gasteiger charge is 2.32. The van der Waals surface area contributed by atoms with E-state index in [-0.39, 0.29) is 6.42 Å². The Morgan fingerprint density at radius 1 is 0.970 bits per heavy atom. The number of benzene rings is 1. The van der Waals surface area contributed by atoms with Gasteiger partial charge in [0.05, 0.1) is 14.2 Å². The van der Waals surface area contributed by atoms with Crippen LogP contribution in [0, 0.1) is 0 Å². The highest BCUT2D eigenvalue weighted by molar-refractivity contribution is 5.92. The predicted octanol–water partition coefficient (Wildman–Crippen LogP) is 1.66. The Balaban J connectivity index is 3.06. The summed E-state index contributed by atoms with van der Waals surface area (Å²) >= 11 is 0. The number of nitrogens with one attached hydrogen (secondary N) is 2. The van der Waals surface area contributed by atoms with Gasteiger partial charge in [-0.3, -0.25) is 9.59 Å². The Morgan fingerprint density at radius 3 is 2.03 bits per heavy atom. The molecule has 1 aromatic carbocycles. The van der Waals surface area contributed by atoms with Crippen molar-refractivity contribution >= 4 is 23.9 Å². The van der Waals surface area contributed by atoms with E-state index in [1.54, 1.807) is 52.1 Å². The second-order valence-electron chi connectivity index (χ2n) is 8.64. The van der Waals surface area contributed by atoms with Gasteiger partial charge in [0.2, 0.25) is 11.8 Å². The third kappa shape index (κ3) is 8.99. The van der Waals surface area contributed by atoms with Crippen LogP contribution < -0.4 is 15.4 Å². The van der Waals surface area contributed by atoms with Gasteiger partial charge in [0.1, 0.15) is 29.5 Å². The first-order valence-electron chi connectivity index (χ1n) is 10.6. The van der Waals surface area contributed by atoms with Crippen molar-refractivity contribution in [2.45, 2.75) is 64.8 Å². The maximum atomic E-state index is 13.0. The van der Waals surface area contributed by atoms with Crippen molar-refractivity contribution in [3.05, 3.63) is 29.8 Å². The van der Waals surface area contributed by atoms with E-state index in [2.05, 4.69) is 15.4 Å². The van der Waals surface area contributed by atoms with Crippen LogP contribution in [0.4, 0.5) is 4.79 Å². The second kappa shape index (κ2) is 12.1. The van der Waals surface area contributed by atoms with Crippen LogP contribution in [-0.4, -0.2) is 73.8 Å². The molecule has 0 bridgehead atoms. The Morgan fingerprint density at radius 2 is 1.55 bits per heavy atom. The second-order valence-corrected chi connectivity index (χ2v) is 8.64. The maximum Gasteiger partial charge on any atom is 0.408 e. The summed E-state index contributed by atoms with van der Waals surface area (Å²) in [6.45, 7) is 8.12. The van der Waals surface area contributed by atoms with E-state index in [9.17, 15) is 19.2 Å². The molecule has 3 amide bonds. The predicted molar refractivity (Wildman–Crippen MR) is 122 cm³/mol. The standard InChI is InChI=1S/C23H35N3O7/c1-14(25-22(30)33-23(3,4)5)20(28)26(6)18(19(27)24-15(2)21(29)32-8)13-16-9-11-17(31-7)12-10-16/h9-12,14-15,18H,13H2,1-8H3,(H,24,27)(H,25,30)/t14-,15-,18-/m0/s1. The van der Waals surface area contributed by atoms with Crippen molar-refractivity contribution in [2.75, 3.05) is 21.3 Å². The number of amides is 3. The van der Waals surface area contributed by atoms with Gasteiger partial charge in [0.15, 0.2) is 0 Å². The number of carbonyl (C=O) groups excluding carboxylic acids is 4. The van der Waals surface area contributed by atoms with Crippen LogP contribution >= 0.6 is 0 Å². The van der Waals surface area contributed by atoms with Gasteiger partial charge in [0, 0.05) is 13.5 Å². The molecule has 10 heteroatoms. The number of alkyl carbamates (subject to hydrolysis) is 1. The summed E-state index contributed by atoms with van der Waals surface area (Å²) in [5.41, 5.74) is 0.0496. The molecular weight excluding hydrogens is 430 g/mol. The molecule has 0 radical (unpaired) electrons. The fourth-order valence-corrected chi connectivity index (χ4v) is 2.94. The molecule has 0 fully saturated rings. The number of hydrogen-bond acceptors (Lipinski definition) is 7. The fraction of sp³-hybridized carbons (Fsp3) is 0.565. The van der Waals surface area contributed by atoms with Crippen molar-refractivity contribution < 1.29 is 33.4 Å². The topological polar surface area (TPSA) is 123 Å². The molecule has 0 aliphatic rings. The first-order valence-corrected chi connectivity index (χ1v) is 10.6. The van der Waals surface area contributed by atoms with Crippen LogP contribution in [0.25, 0.3) is 0 Å². The SMILES string of the molecule is COC(=O)[C@H](C)NC(=O)[C@H](Cc1ccc(OC)cc1)N(C)C(=O)[C@H](C)NC(=O)OC(C)(C)C. The van der Waals surface area contributed by atoms with Crippen LogP contribution in [0.1, 0.15) is 40.2 Å². The minimum Gasteiger partial charge on any atom is -0.497 e. The van der Waals surface area contributed by atoms with Crippen molar-refractivity contribution in [1.29, 1.82) is 0 Å². The zero-order chi connectivity index (χ0) is 25.3. The molecule has 2 N–H and O–H groups in total. The Bertz CT molecular complexity index is 833. The van der Waals surface area contributed by atoms with E-state index >= 15 is 0 Å². The van der Waals surface area contributed by atoms with E-state index in [1.165, 1.54) is 32.9 Å². The van der Waals surface area contributed by atoms with Crippen LogP contribution in [0.2, 0.25) is 0 Å². The normalized spacial score (nSPS) is 13.7. The van der Waals surface area contributed by atoms with Gasteiger partial charge in [-0.25, -0.2) is 9.59 Å². The molecule has 33 heavy (non-hydrogen) atoms. The van der Waals surface area contributed by atoms with Crippen LogP contribution in [0.15, 0.2) is 24.3 Å². The lowest BCUT2D eigenvalue weighted by Crippen LogP contribution is -2.56. The third-order valence-corrected chi connectivity index (χ3v) is 4.72. The molecule has 1 aromatic rings. The number of esters is 1. The molecule has 0 saturated carbocycles. The molecule has 0 aliphatic heterocycles. The highest BCUT2D eigenvalue weighted by atomic mass is 16.6. The Kier molecular flexibility index (Phi) is 10.2. The van der Waals surface area contributed by atoms with E-state index in [4.69, 9.17) is 9.47 Å². The summed E-state index contributed by atoms with van der Waals surface area (Å²) in [5.74, 6) is -0.997. The van der Waals surface area contributed by atoms with E-state index in [0.717, 1.165) is 5.56 Å². The largest absolute Gasteiger partial charge is 0.497 e. The molecule has 0 aliphatic carbocycles. The highest BCUT2D eigenvalue weighted by Crippen LogP contribution is 2.15. The van der Waals surface area contributed by atoms with Gasteiger partial charge >= 0.3 is 12.1 Å². The molecule has 0 heterocycles. The van der Waals surface area contributed by atoms with Gasteiger partial charge in [-0.2, -0.15) is 0 Å². The summed E-state index contributed by atoms with van der Waals surface area (Å²) in [5, 5.41) is 5.06. The molecular formula is C23H35N3O7. The Hall–Kier alpha value is -3.30. The van der Waals surface area contributed by atoms with Gasteiger partial charge in [-0.05, 0) is 52.3 Å². The summed E-state index contributed by atoms with van der Waals surface area (Å²) in [4.78, 5) is 51.1. The number of carbonyl (C=O) groups is 4. The minimum absolute atomic E-state index is 0.172. The first kappa shape index (κ1) is 27.7. The molecule has 3 atom stereocenters. The molecule has 0 aromatic heterocycles.